The van der Waals surface area contributed by atoms with Crippen molar-refractivity contribution in [1.82, 2.24) is 5.32 Å². The van der Waals surface area contributed by atoms with E-state index in [-0.39, 0.29) is 0 Å². The van der Waals surface area contributed by atoms with Gasteiger partial charge in [-0.2, -0.15) is 0 Å². The fourth-order valence-corrected chi connectivity index (χ4v) is 2.61. The molecule has 0 saturated heterocycles. The number of hydrogen-bond donors (Lipinski definition) is 1. The standard InChI is InChI=1S/C15H24N2/c1-11-9-12(2)15(13(3)10-11)17(4)8-7-16-14-5-6-14/h9-10,14,16H,5-8H2,1-4H3. The van der Waals surface area contributed by atoms with Crippen LogP contribution in [0.1, 0.15) is 29.5 Å². The summed E-state index contributed by atoms with van der Waals surface area (Å²) in [5.74, 6) is 0. The molecular formula is C15H24N2. The number of nitrogens with zero attached hydrogens (tertiary/aromatic N) is 1. The molecule has 1 saturated carbocycles. The predicted molar refractivity (Wildman–Crippen MR) is 74.9 cm³/mol. The van der Waals surface area contributed by atoms with E-state index in [1.807, 2.05) is 0 Å². The second-order valence-electron chi connectivity index (χ2n) is 5.40. The summed E-state index contributed by atoms with van der Waals surface area (Å²) >= 11 is 0. The van der Waals surface area contributed by atoms with Crippen LogP contribution in [0, 0.1) is 20.8 Å². The zero-order valence-corrected chi connectivity index (χ0v) is 11.5. The van der Waals surface area contributed by atoms with Gasteiger partial charge in [-0.25, -0.2) is 0 Å². The molecule has 0 aromatic heterocycles. The van der Waals surface area contributed by atoms with Crippen LogP contribution in [-0.2, 0) is 0 Å². The maximum absolute atomic E-state index is 3.57. The predicted octanol–water partition coefficient (Wildman–Crippen LogP) is 2.80. The second-order valence-corrected chi connectivity index (χ2v) is 5.40. The summed E-state index contributed by atoms with van der Waals surface area (Å²) in [5.41, 5.74) is 5.52. The first kappa shape index (κ1) is 12.4. The molecule has 1 aliphatic rings. The molecule has 1 N–H and O–H groups in total. The third kappa shape index (κ3) is 3.22. The van der Waals surface area contributed by atoms with E-state index in [2.05, 4.69) is 50.2 Å². The molecule has 0 bridgehead atoms. The highest BCUT2D eigenvalue weighted by atomic mass is 15.1. The van der Waals surface area contributed by atoms with Crippen molar-refractivity contribution in [3.63, 3.8) is 0 Å². The lowest BCUT2D eigenvalue weighted by Crippen LogP contribution is -2.31. The van der Waals surface area contributed by atoms with E-state index in [9.17, 15) is 0 Å². The minimum Gasteiger partial charge on any atom is -0.373 e. The Bertz CT molecular complexity index is 371. The third-order valence-corrected chi connectivity index (χ3v) is 3.47. The lowest BCUT2D eigenvalue weighted by atomic mass is 10.0. The van der Waals surface area contributed by atoms with Crippen molar-refractivity contribution < 1.29 is 0 Å². The lowest BCUT2D eigenvalue weighted by molar-refractivity contribution is 0.674. The van der Waals surface area contributed by atoms with Gasteiger partial charge in [-0.15, -0.1) is 0 Å². The minimum absolute atomic E-state index is 0.809. The first-order valence-corrected chi connectivity index (χ1v) is 6.60. The average molecular weight is 232 g/mol. The van der Waals surface area contributed by atoms with Crippen LogP contribution < -0.4 is 10.2 Å². The number of benzene rings is 1. The molecule has 1 aromatic rings. The molecule has 17 heavy (non-hydrogen) atoms. The van der Waals surface area contributed by atoms with E-state index >= 15 is 0 Å². The minimum atomic E-state index is 0.809. The molecule has 0 atom stereocenters. The summed E-state index contributed by atoms with van der Waals surface area (Å²) in [6.45, 7) is 8.76. The molecule has 0 aliphatic heterocycles. The Balaban J connectivity index is 1.99. The van der Waals surface area contributed by atoms with Crippen LogP contribution in [0.15, 0.2) is 12.1 Å². The molecule has 2 heteroatoms. The fraction of sp³-hybridized carbons (Fsp3) is 0.600. The highest BCUT2D eigenvalue weighted by Crippen LogP contribution is 2.25. The molecular weight excluding hydrogens is 208 g/mol. The van der Waals surface area contributed by atoms with Gasteiger partial charge in [0, 0.05) is 31.9 Å². The van der Waals surface area contributed by atoms with Crippen LogP contribution in [0.2, 0.25) is 0 Å². The maximum atomic E-state index is 3.57. The van der Waals surface area contributed by atoms with Gasteiger partial charge in [-0.05, 0) is 44.7 Å². The van der Waals surface area contributed by atoms with Crippen LogP contribution >= 0.6 is 0 Å². The number of hydrogen-bond acceptors (Lipinski definition) is 2. The number of aryl methyl sites for hydroxylation is 3. The smallest absolute Gasteiger partial charge is 0.0423 e. The maximum Gasteiger partial charge on any atom is 0.0423 e. The van der Waals surface area contributed by atoms with Gasteiger partial charge in [0.05, 0.1) is 0 Å². The van der Waals surface area contributed by atoms with E-state index in [4.69, 9.17) is 0 Å². The van der Waals surface area contributed by atoms with Gasteiger partial charge >= 0.3 is 0 Å². The Labute approximate surface area is 105 Å². The van der Waals surface area contributed by atoms with E-state index in [0.717, 1.165) is 19.1 Å². The fourth-order valence-electron chi connectivity index (χ4n) is 2.61. The molecule has 0 spiro atoms. The van der Waals surface area contributed by atoms with Gasteiger partial charge in [0.15, 0.2) is 0 Å². The molecule has 0 radical (unpaired) electrons. The van der Waals surface area contributed by atoms with Crippen molar-refractivity contribution in [2.24, 2.45) is 0 Å². The van der Waals surface area contributed by atoms with Crippen molar-refractivity contribution in [3.05, 3.63) is 28.8 Å². The van der Waals surface area contributed by atoms with Crippen molar-refractivity contribution in [2.45, 2.75) is 39.7 Å². The monoisotopic (exact) mass is 232 g/mol. The van der Waals surface area contributed by atoms with Crippen molar-refractivity contribution in [2.75, 3.05) is 25.0 Å². The van der Waals surface area contributed by atoms with Crippen LogP contribution in [-0.4, -0.2) is 26.2 Å². The Morgan fingerprint density at radius 3 is 2.29 bits per heavy atom. The van der Waals surface area contributed by atoms with Gasteiger partial charge in [0.1, 0.15) is 0 Å². The third-order valence-electron chi connectivity index (χ3n) is 3.47. The highest BCUT2D eigenvalue weighted by molar-refractivity contribution is 5.59. The van der Waals surface area contributed by atoms with Crippen molar-refractivity contribution in [3.8, 4) is 0 Å². The van der Waals surface area contributed by atoms with E-state index in [0.29, 0.717) is 0 Å². The zero-order chi connectivity index (χ0) is 12.4. The summed E-state index contributed by atoms with van der Waals surface area (Å²) in [6, 6.07) is 5.35. The summed E-state index contributed by atoms with van der Waals surface area (Å²) in [6.07, 6.45) is 2.73. The Kier molecular flexibility index (Phi) is 3.72. The SMILES string of the molecule is Cc1cc(C)c(N(C)CCNC2CC2)c(C)c1. The molecule has 1 aliphatic carbocycles. The van der Waals surface area contributed by atoms with Crippen LogP contribution in [0.5, 0.6) is 0 Å². The summed E-state index contributed by atoms with van der Waals surface area (Å²) in [5, 5.41) is 3.57. The highest BCUT2D eigenvalue weighted by Gasteiger charge is 2.20. The number of likely N-dealkylation sites (N-methyl/N-ethyl adjacent to an activating group) is 1. The van der Waals surface area contributed by atoms with Gasteiger partial charge < -0.3 is 10.2 Å². The molecule has 2 nitrogen and oxygen atoms in total. The molecule has 0 unspecified atom stereocenters. The van der Waals surface area contributed by atoms with Gasteiger partial charge in [0.2, 0.25) is 0 Å². The first-order chi connectivity index (χ1) is 8.08. The largest absolute Gasteiger partial charge is 0.373 e. The van der Waals surface area contributed by atoms with Crippen molar-refractivity contribution >= 4 is 5.69 Å². The molecule has 1 aromatic carbocycles. The van der Waals surface area contributed by atoms with Gasteiger partial charge in [0.25, 0.3) is 0 Å². The lowest BCUT2D eigenvalue weighted by Gasteiger charge is -2.24. The average Bonchev–Trinajstić information content (AvgIpc) is 2.99. The van der Waals surface area contributed by atoms with Gasteiger partial charge in [-0.1, -0.05) is 17.7 Å². The second kappa shape index (κ2) is 5.09. The van der Waals surface area contributed by atoms with Gasteiger partial charge in [-0.3, -0.25) is 0 Å². The Morgan fingerprint density at radius 2 is 1.76 bits per heavy atom. The number of nitrogens with one attached hydrogen (secondary N) is 1. The molecule has 0 heterocycles. The zero-order valence-electron chi connectivity index (χ0n) is 11.5. The van der Waals surface area contributed by atoms with Crippen LogP contribution in [0.25, 0.3) is 0 Å². The quantitative estimate of drug-likeness (QED) is 0.840. The normalized spacial score (nSPS) is 15.1. The van der Waals surface area contributed by atoms with E-state index < -0.39 is 0 Å². The topological polar surface area (TPSA) is 15.3 Å². The molecule has 0 amide bonds. The van der Waals surface area contributed by atoms with E-state index in [1.54, 1.807) is 0 Å². The molecule has 2 rings (SSSR count). The summed E-state index contributed by atoms with van der Waals surface area (Å²) in [4.78, 5) is 2.37. The first-order valence-electron chi connectivity index (χ1n) is 6.60. The summed E-state index contributed by atoms with van der Waals surface area (Å²) < 4.78 is 0. The number of anilines is 1. The molecule has 1 fully saturated rings. The van der Waals surface area contributed by atoms with Crippen LogP contribution in [0.4, 0.5) is 5.69 Å². The number of rotatable bonds is 5. The van der Waals surface area contributed by atoms with Crippen LogP contribution in [0.3, 0.4) is 0 Å². The summed E-state index contributed by atoms with van der Waals surface area (Å²) in [7, 11) is 2.19. The Morgan fingerprint density at radius 1 is 1.18 bits per heavy atom. The van der Waals surface area contributed by atoms with Crippen molar-refractivity contribution in [1.29, 1.82) is 0 Å². The van der Waals surface area contributed by atoms with E-state index in [1.165, 1.54) is 35.2 Å². The Hall–Kier alpha value is -1.02. The molecule has 94 valence electrons.